The third-order valence-corrected chi connectivity index (χ3v) is 6.21. The van der Waals surface area contributed by atoms with Gasteiger partial charge < -0.3 is 24.6 Å². The highest BCUT2D eigenvalue weighted by molar-refractivity contribution is 7.80. The number of carbonyl (C=O) groups is 3. The van der Waals surface area contributed by atoms with Crippen LogP contribution in [0.25, 0.3) is 10.8 Å². The highest BCUT2D eigenvalue weighted by Gasteiger charge is 2.34. The molecule has 2 N–H and O–H groups in total. The van der Waals surface area contributed by atoms with E-state index in [1.165, 1.54) is 6.92 Å². The van der Waals surface area contributed by atoms with Gasteiger partial charge in [0, 0.05) is 19.9 Å². The van der Waals surface area contributed by atoms with E-state index >= 15 is 0 Å². The van der Waals surface area contributed by atoms with Gasteiger partial charge in [-0.25, -0.2) is 4.79 Å². The zero-order valence-electron chi connectivity index (χ0n) is 20.9. The molecule has 0 aromatic heterocycles. The first-order chi connectivity index (χ1) is 16.5. The Morgan fingerprint density at radius 1 is 1.06 bits per heavy atom. The lowest BCUT2D eigenvalue weighted by Crippen LogP contribution is -2.44. The SMILES string of the molecule is COc1ccc2cc([C@H](C)C(=O)OC(C)(CS)OC(=O)NC[C@H](CC(=O)O)CC(C)C)ccc2c1. The molecule has 0 saturated heterocycles. The van der Waals surface area contributed by atoms with Crippen LogP contribution in [0.15, 0.2) is 36.4 Å². The highest BCUT2D eigenvalue weighted by atomic mass is 32.1. The number of thiol groups is 1. The van der Waals surface area contributed by atoms with Gasteiger partial charge in [-0.1, -0.05) is 38.1 Å². The minimum absolute atomic E-state index is 0.0546. The minimum atomic E-state index is -1.59. The van der Waals surface area contributed by atoms with Crippen molar-refractivity contribution < 1.29 is 33.7 Å². The first-order valence-corrected chi connectivity index (χ1v) is 12.2. The first-order valence-electron chi connectivity index (χ1n) is 11.6. The average Bonchev–Trinajstić information content (AvgIpc) is 2.80. The molecule has 0 aliphatic heterocycles. The molecule has 35 heavy (non-hydrogen) atoms. The van der Waals surface area contributed by atoms with Crippen LogP contribution in [0.1, 0.15) is 52.0 Å². The summed E-state index contributed by atoms with van der Waals surface area (Å²) in [5.41, 5.74) is 0.754. The molecular formula is C26H35NO7S. The van der Waals surface area contributed by atoms with Crippen LogP contribution in [0.3, 0.4) is 0 Å². The molecule has 1 amide bonds. The molecule has 192 valence electrons. The van der Waals surface area contributed by atoms with Crippen LogP contribution in [-0.4, -0.2) is 48.3 Å². The molecule has 2 aromatic carbocycles. The maximum Gasteiger partial charge on any atom is 0.410 e. The molecule has 2 rings (SSSR count). The summed E-state index contributed by atoms with van der Waals surface area (Å²) in [6.07, 6.45) is -0.227. The number of aliphatic carboxylic acids is 1. The van der Waals surface area contributed by atoms with Crippen molar-refractivity contribution in [2.45, 2.75) is 52.2 Å². The van der Waals surface area contributed by atoms with Crippen LogP contribution < -0.4 is 10.1 Å². The largest absolute Gasteiger partial charge is 0.497 e. The zero-order valence-corrected chi connectivity index (χ0v) is 21.8. The molecule has 9 heteroatoms. The number of esters is 1. The molecule has 0 aliphatic carbocycles. The van der Waals surface area contributed by atoms with E-state index in [4.69, 9.17) is 19.3 Å². The lowest BCUT2D eigenvalue weighted by molar-refractivity contribution is -0.194. The third-order valence-electron chi connectivity index (χ3n) is 5.64. The first kappa shape index (κ1) is 28.3. The van der Waals surface area contributed by atoms with Crippen LogP contribution in [0.5, 0.6) is 5.75 Å². The highest BCUT2D eigenvalue weighted by Crippen LogP contribution is 2.27. The summed E-state index contributed by atoms with van der Waals surface area (Å²) < 4.78 is 16.2. The molecule has 8 nitrogen and oxygen atoms in total. The van der Waals surface area contributed by atoms with Crippen molar-refractivity contribution in [1.29, 1.82) is 0 Å². The number of hydrogen-bond donors (Lipinski definition) is 3. The number of carboxylic acids is 1. The average molecular weight is 506 g/mol. The van der Waals surface area contributed by atoms with Crippen molar-refractivity contribution in [3.8, 4) is 5.75 Å². The van der Waals surface area contributed by atoms with Crippen LogP contribution in [0.4, 0.5) is 4.79 Å². The van der Waals surface area contributed by atoms with Crippen LogP contribution in [0.2, 0.25) is 0 Å². The van der Waals surface area contributed by atoms with Crippen molar-refractivity contribution in [2.75, 3.05) is 19.4 Å². The Morgan fingerprint density at radius 3 is 2.31 bits per heavy atom. The van der Waals surface area contributed by atoms with Gasteiger partial charge in [0.15, 0.2) is 0 Å². The van der Waals surface area contributed by atoms with Crippen LogP contribution >= 0.6 is 12.6 Å². The Labute approximate surface area is 211 Å². The van der Waals surface area contributed by atoms with E-state index in [-0.39, 0.29) is 30.6 Å². The number of rotatable bonds is 12. The Balaban J connectivity index is 2.02. The topological polar surface area (TPSA) is 111 Å². The molecule has 0 aliphatic rings. The van der Waals surface area contributed by atoms with E-state index < -0.39 is 29.7 Å². The van der Waals surface area contributed by atoms with Crippen LogP contribution in [-0.2, 0) is 19.1 Å². The summed E-state index contributed by atoms with van der Waals surface area (Å²) in [6, 6.07) is 11.3. The molecule has 0 fully saturated rings. The van der Waals surface area contributed by atoms with Crippen molar-refractivity contribution in [1.82, 2.24) is 5.32 Å². The number of methoxy groups -OCH3 is 1. The van der Waals surface area contributed by atoms with Crippen molar-refractivity contribution in [3.05, 3.63) is 42.0 Å². The van der Waals surface area contributed by atoms with Crippen molar-refractivity contribution in [2.24, 2.45) is 11.8 Å². The third kappa shape index (κ3) is 8.65. The fourth-order valence-electron chi connectivity index (χ4n) is 3.77. The number of fused-ring (bicyclic) bond motifs is 1. The fraction of sp³-hybridized carbons (Fsp3) is 0.500. The second kappa shape index (κ2) is 12.7. The number of ether oxygens (including phenoxy) is 3. The maximum atomic E-state index is 12.9. The van der Waals surface area contributed by atoms with E-state index in [1.54, 1.807) is 14.0 Å². The van der Waals surface area contributed by atoms with Gasteiger partial charge in [0.2, 0.25) is 0 Å². The van der Waals surface area contributed by atoms with Gasteiger partial charge in [-0.15, -0.1) is 0 Å². The quantitative estimate of drug-likeness (QED) is 0.211. The van der Waals surface area contributed by atoms with Crippen molar-refractivity contribution >= 4 is 41.4 Å². The number of carbonyl (C=O) groups excluding carboxylic acids is 2. The summed E-state index contributed by atoms with van der Waals surface area (Å²) in [4.78, 5) is 36.4. The molecule has 0 radical (unpaired) electrons. The summed E-state index contributed by atoms with van der Waals surface area (Å²) in [7, 11) is 1.61. The Morgan fingerprint density at radius 2 is 1.71 bits per heavy atom. The number of nitrogens with one attached hydrogen (secondary N) is 1. The number of hydrogen-bond acceptors (Lipinski definition) is 7. The van der Waals surface area contributed by atoms with Gasteiger partial charge in [0.05, 0.1) is 18.8 Å². The Kier molecular flexibility index (Phi) is 10.2. The maximum absolute atomic E-state index is 12.9. The second-order valence-electron chi connectivity index (χ2n) is 9.27. The summed E-state index contributed by atoms with van der Waals surface area (Å²) in [5.74, 6) is -2.97. The van der Waals surface area contributed by atoms with E-state index in [2.05, 4.69) is 17.9 Å². The smallest absolute Gasteiger partial charge is 0.410 e. The number of amides is 1. The summed E-state index contributed by atoms with van der Waals surface area (Å²) in [6.45, 7) is 7.28. The second-order valence-corrected chi connectivity index (χ2v) is 9.59. The fourth-order valence-corrected chi connectivity index (χ4v) is 3.90. The minimum Gasteiger partial charge on any atom is -0.497 e. The standard InChI is InChI=1S/C26H35NO7S/c1-16(2)10-18(11-23(28)29)14-27-25(31)34-26(4,15-35)33-24(30)17(3)19-6-7-21-13-22(32-5)9-8-20(21)12-19/h6-9,12-13,16-18,35H,10-11,14-15H2,1-5H3,(H,27,31)(H,28,29)/t17-,18-,26?/m0/s1. The predicted molar refractivity (Wildman–Crippen MR) is 137 cm³/mol. The molecule has 0 spiro atoms. The monoisotopic (exact) mass is 505 g/mol. The van der Waals surface area contributed by atoms with Crippen LogP contribution in [0, 0.1) is 11.8 Å². The number of benzene rings is 2. The molecule has 0 heterocycles. The molecule has 0 bridgehead atoms. The van der Waals surface area contributed by atoms with E-state index in [0.29, 0.717) is 6.42 Å². The lowest BCUT2D eigenvalue weighted by Gasteiger charge is -2.29. The Hall–Kier alpha value is -2.94. The van der Waals surface area contributed by atoms with E-state index in [0.717, 1.165) is 22.1 Å². The molecule has 1 unspecified atom stereocenters. The zero-order chi connectivity index (χ0) is 26.2. The van der Waals surface area contributed by atoms with Gasteiger partial charge in [-0.05, 0) is 53.6 Å². The van der Waals surface area contributed by atoms with Gasteiger partial charge in [0.25, 0.3) is 5.79 Å². The van der Waals surface area contributed by atoms with Gasteiger partial charge in [-0.3, -0.25) is 9.59 Å². The molecule has 2 aromatic rings. The van der Waals surface area contributed by atoms with Gasteiger partial charge in [-0.2, -0.15) is 12.6 Å². The Bertz CT molecular complexity index is 1040. The van der Waals surface area contributed by atoms with E-state index in [9.17, 15) is 14.4 Å². The summed E-state index contributed by atoms with van der Waals surface area (Å²) >= 11 is 4.20. The van der Waals surface area contributed by atoms with Gasteiger partial charge >= 0.3 is 18.0 Å². The van der Waals surface area contributed by atoms with Gasteiger partial charge in [0.1, 0.15) is 5.75 Å². The van der Waals surface area contributed by atoms with Crippen molar-refractivity contribution in [3.63, 3.8) is 0 Å². The molecular weight excluding hydrogens is 470 g/mol. The number of alkyl carbamates (subject to hydrolysis) is 1. The molecule has 0 saturated carbocycles. The predicted octanol–water partition coefficient (Wildman–Crippen LogP) is 5.00. The molecule has 3 atom stereocenters. The lowest BCUT2D eigenvalue weighted by atomic mass is 9.94. The normalized spacial score (nSPS) is 14.6. The number of carboxylic acid groups (broad SMARTS) is 1. The summed E-state index contributed by atoms with van der Waals surface area (Å²) in [5, 5.41) is 13.6. The van der Waals surface area contributed by atoms with E-state index in [1.807, 2.05) is 50.2 Å².